The topological polar surface area (TPSA) is 53.0 Å². The molecule has 1 fully saturated rings. The number of ether oxygens (including phenoxy) is 1. The van der Waals surface area contributed by atoms with E-state index in [1.165, 1.54) is 0 Å². The van der Waals surface area contributed by atoms with Crippen LogP contribution in [0.1, 0.15) is 26.2 Å². The van der Waals surface area contributed by atoms with Gasteiger partial charge in [-0.1, -0.05) is 13.3 Å². The van der Waals surface area contributed by atoms with Gasteiger partial charge in [0.1, 0.15) is 0 Å². The van der Waals surface area contributed by atoms with Gasteiger partial charge in [0.05, 0.1) is 13.2 Å². The van der Waals surface area contributed by atoms with E-state index >= 15 is 0 Å². The van der Waals surface area contributed by atoms with E-state index in [4.69, 9.17) is 9.84 Å². The number of carbonyl (C=O) groups is 1. The van der Waals surface area contributed by atoms with Crippen molar-refractivity contribution in [2.24, 2.45) is 0 Å². The van der Waals surface area contributed by atoms with Gasteiger partial charge in [-0.3, -0.25) is 0 Å². The Bertz CT molecular complexity index is 210. The zero-order valence-electron chi connectivity index (χ0n) is 10.7. The van der Waals surface area contributed by atoms with E-state index in [1.54, 1.807) is 0 Å². The van der Waals surface area contributed by atoms with Gasteiger partial charge in [0, 0.05) is 32.8 Å². The predicted octanol–water partition coefficient (Wildman–Crippen LogP) is 0.923. The monoisotopic (exact) mass is 244 g/mol. The second-order valence-electron chi connectivity index (χ2n) is 4.30. The lowest BCUT2D eigenvalue weighted by Gasteiger charge is -2.33. The summed E-state index contributed by atoms with van der Waals surface area (Å²) in [6.45, 7) is 6.31. The minimum absolute atomic E-state index is 0.0928. The molecule has 1 rings (SSSR count). The lowest BCUT2D eigenvalue weighted by molar-refractivity contribution is 0.0427. The normalized spacial score (nSPS) is 16.0. The van der Waals surface area contributed by atoms with Gasteiger partial charge in [-0.25, -0.2) is 4.79 Å². The molecular weight excluding hydrogens is 220 g/mol. The lowest BCUT2D eigenvalue weighted by Crippen LogP contribution is -2.48. The fraction of sp³-hybridized carbons (Fsp3) is 0.917. The number of unbranched alkanes of at least 4 members (excludes halogenated alkanes) is 1. The van der Waals surface area contributed by atoms with Gasteiger partial charge >= 0.3 is 6.03 Å². The molecule has 0 bridgehead atoms. The number of aliphatic hydroxyl groups excluding tert-OH is 1. The predicted molar refractivity (Wildman–Crippen MR) is 66.0 cm³/mol. The second-order valence-corrected chi connectivity index (χ2v) is 4.30. The number of hydrogen-bond acceptors (Lipinski definition) is 3. The number of nitrogens with zero attached hydrogens (tertiary/aromatic N) is 2. The standard InChI is InChI=1S/C12H24N2O3/c1-2-3-5-13(6-4-9-15)12(16)14-7-10-17-11-8-14/h15H,2-11H2,1H3. The Kier molecular flexibility index (Phi) is 6.96. The van der Waals surface area contributed by atoms with Crippen molar-refractivity contribution in [1.29, 1.82) is 0 Å². The number of aliphatic hydroxyl groups is 1. The zero-order valence-corrected chi connectivity index (χ0v) is 10.7. The Hall–Kier alpha value is -0.810. The maximum Gasteiger partial charge on any atom is 0.320 e. The molecule has 0 saturated carbocycles. The zero-order chi connectivity index (χ0) is 12.5. The van der Waals surface area contributed by atoms with E-state index in [-0.39, 0.29) is 12.6 Å². The summed E-state index contributed by atoms with van der Waals surface area (Å²) in [5.74, 6) is 0. The largest absolute Gasteiger partial charge is 0.396 e. The molecule has 1 N–H and O–H groups in total. The molecule has 100 valence electrons. The van der Waals surface area contributed by atoms with Gasteiger partial charge in [-0.05, 0) is 12.8 Å². The minimum Gasteiger partial charge on any atom is -0.396 e. The van der Waals surface area contributed by atoms with Crippen molar-refractivity contribution in [3.8, 4) is 0 Å². The molecule has 0 aromatic heterocycles. The third kappa shape index (κ3) is 4.91. The molecule has 5 heteroatoms. The highest BCUT2D eigenvalue weighted by Crippen LogP contribution is 2.06. The smallest absolute Gasteiger partial charge is 0.320 e. The quantitative estimate of drug-likeness (QED) is 0.756. The molecular formula is C12H24N2O3. The van der Waals surface area contributed by atoms with E-state index in [2.05, 4.69) is 6.92 Å². The van der Waals surface area contributed by atoms with Crippen molar-refractivity contribution in [3.05, 3.63) is 0 Å². The van der Waals surface area contributed by atoms with Crippen LogP contribution >= 0.6 is 0 Å². The molecule has 1 aliphatic rings. The molecule has 0 aliphatic carbocycles. The molecule has 0 unspecified atom stereocenters. The molecule has 2 amide bonds. The van der Waals surface area contributed by atoms with Crippen molar-refractivity contribution in [1.82, 2.24) is 9.80 Å². The molecule has 5 nitrogen and oxygen atoms in total. The van der Waals surface area contributed by atoms with Crippen LogP contribution in [0.3, 0.4) is 0 Å². The Morgan fingerprint density at radius 3 is 2.53 bits per heavy atom. The van der Waals surface area contributed by atoms with Crippen molar-refractivity contribution in [2.75, 3.05) is 46.0 Å². The fourth-order valence-corrected chi connectivity index (χ4v) is 1.87. The SMILES string of the molecule is CCCCN(CCCO)C(=O)N1CCOCC1. The van der Waals surface area contributed by atoms with Crippen LogP contribution in [-0.4, -0.2) is 66.9 Å². The number of urea groups is 1. The average Bonchev–Trinajstić information content (AvgIpc) is 2.39. The van der Waals surface area contributed by atoms with Gasteiger partial charge < -0.3 is 19.6 Å². The van der Waals surface area contributed by atoms with Gasteiger partial charge in [0.25, 0.3) is 0 Å². The molecule has 0 aromatic carbocycles. The molecule has 1 saturated heterocycles. The Morgan fingerprint density at radius 1 is 1.29 bits per heavy atom. The summed E-state index contributed by atoms with van der Waals surface area (Å²) in [5, 5.41) is 8.86. The number of morpholine rings is 1. The van der Waals surface area contributed by atoms with Crippen LogP contribution in [0, 0.1) is 0 Å². The first-order chi connectivity index (χ1) is 8.29. The first-order valence-electron chi connectivity index (χ1n) is 6.52. The summed E-state index contributed by atoms with van der Waals surface area (Å²) in [5.41, 5.74) is 0. The van der Waals surface area contributed by atoms with E-state index in [1.807, 2.05) is 9.80 Å². The summed E-state index contributed by atoms with van der Waals surface area (Å²) >= 11 is 0. The van der Waals surface area contributed by atoms with E-state index < -0.39 is 0 Å². The molecule has 1 aliphatic heterocycles. The van der Waals surface area contributed by atoms with Gasteiger partial charge in [0.15, 0.2) is 0 Å². The van der Waals surface area contributed by atoms with Gasteiger partial charge in [0.2, 0.25) is 0 Å². The van der Waals surface area contributed by atoms with Crippen LogP contribution < -0.4 is 0 Å². The summed E-state index contributed by atoms with van der Waals surface area (Å²) < 4.78 is 5.24. The minimum atomic E-state index is 0.0928. The van der Waals surface area contributed by atoms with Gasteiger partial charge in [-0.15, -0.1) is 0 Å². The molecule has 0 spiro atoms. The summed E-state index contributed by atoms with van der Waals surface area (Å²) in [7, 11) is 0. The fourth-order valence-electron chi connectivity index (χ4n) is 1.87. The molecule has 0 atom stereocenters. The average molecular weight is 244 g/mol. The van der Waals surface area contributed by atoms with Crippen molar-refractivity contribution < 1.29 is 14.6 Å². The van der Waals surface area contributed by atoms with Crippen LogP contribution in [0.4, 0.5) is 4.79 Å². The van der Waals surface area contributed by atoms with Gasteiger partial charge in [-0.2, -0.15) is 0 Å². The Balaban J connectivity index is 2.44. The lowest BCUT2D eigenvalue weighted by atomic mass is 10.3. The number of amides is 2. The van der Waals surface area contributed by atoms with Crippen LogP contribution in [0.25, 0.3) is 0 Å². The van der Waals surface area contributed by atoms with Crippen molar-refractivity contribution in [2.45, 2.75) is 26.2 Å². The van der Waals surface area contributed by atoms with Crippen molar-refractivity contribution >= 4 is 6.03 Å². The molecule has 17 heavy (non-hydrogen) atoms. The van der Waals surface area contributed by atoms with E-state index in [9.17, 15) is 4.79 Å². The summed E-state index contributed by atoms with van der Waals surface area (Å²) in [6, 6.07) is 0.0928. The number of carbonyl (C=O) groups excluding carboxylic acids is 1. The highest BCUT2D eigenvalue weighted by atomic mass is 16.5. The van der Waals surface area contributed by atoms with Crippen molar-refractivity contribution in [3.63, 3.8) is 0 Å². The first-order valence-corrected chi connectivity index (χ1v) is 6.52. The number of rotatable bonds is 6. The Labute approximate surface area is 103 Å². The van der Waals surface area contributed by atoms with Crippen LogP contribution in [0.5, 0.6) is 0 Å². The number of hydrogen-bond donors (Lipinski definition) is 1. The van der Waals surface area contributed by atoms with E-state index in [0.717, 1.165) is 19.4 Å². The maximum absolute atomic E-state index is 12.2. The second kappa shape index (κ2) is 8.31. The molecule has 1 heterocycles. The first kappa shape index (κ1) is 14.3. The Morgan fingerprint density at radius 2 is 1.94 bits per heavy atom. The van der Waals surface area contributed by atoms with Crippen LogP contribution in [0.2, 0.25) is 0 Å². The summed E-state index contributed by atoms with van der Waals surface area (Å²) in [4.78, 5) is 15.9. The summed E-state index contributed by atoms with van der Waals surface area (Å²) in [6.07, 6.45) is 2.74. The third-order valence-electron chi connectivity index (χ3n) is 2.92. The maximum atomic E-state index is 12.2. The molecule has 0 aromatic rings. The molecule has 0 radical (unpaired) electrons. The van der Waals surface area contributed by atoms with E-state index in [0.29, 0.717) is 39.3 Å². The third-order valence-corrected chi connectivity index (χ3v) is 2.92. The van der Waals surface area contributed by atoms with Crippen LogP contribution in [0.15, 0.2) is 0 Å². The highest BCUT2D eigenvalue weighted by Gasteiger charge is 2.21. The highest BCUT2D eigenvalue weighted by molar-refractivity contribution is 5.74. The van der Waals surface area contributed by atoms with Crippen LogP contribution in [-0.2, 0) is 4.74 Å².